The number of ether oxygens (including phenoxy) is 1. The number of hydrogen-bond donors (Lipinski definition) is 3. The second-order valence-corrected chi connectivity index (χ2v) is 6.87. The second-order valence-electron chi connectivity index (χ2n) is 6.87. The van der Waals surface area contributed by atoms with Crippen LogP contribution in [0.3, 0.4) is 0 Å². The first kappa shape index (κ1) is 17.8. The first-order valence-electron chi connectivity index (χ1n) is 7.65. The number of amidine groups is 1. The number of rotatable bonds is 5. The monoisotopic (exact) mass is 299 g/mol. The van der Waals surface area contributed by atoms with Crippen LogP contribution in [0.5, 0.6) is 0 Å². The molecule has 1 amide bonds. The Morgan fingerprint density at radius 3 is 2.43 bits per heavy atom. The summed E-state index contributed by atoms with van der Waals surface area (Å²) in [7, 11) is 0. The summed E-state index contributed by atoms with van der Waals surface area (Å²) in [4.78, 5) is 12.1. The third kappa shape index (κ3) is 5.19. The maximum absolute atomic E-state index is 12.1. The zero-order valence-corrected chi connectivity index (χ0v) is 13.6. The van der Waals surface area contributed by atoms with Crippen LogP contribution >= 0.6 is 0 Å². The zero-order chi connectivity index (χ0) is 16.1. The summed E-state index contributed by atoms with van der Waals surface area (Å²) in [6, 6.07) is 0. The lowest BCUT2D eigenvalue weighted by Gasteiger charge is -2.39. The van der Waals surface area contributed by atoms with Crippen LogP contribution < -0.4 is 11.1 Å². The minimum absolute atomic E-state index is 0.0266. The van der Waals surface area contributed by atoms with Crippen molar-refractivity contribution in [3.05, 3.63) is 0 Å². The van der Waals surface area contributed by atoms with Crippen molar-refractivity contribution in [2.24, 2.45) is 16.8 Å². The average molecular weight is 299 g/mol. The van der Waals surface area contributed by atoms with E-state index in [1.165, 1.54) is 0 Å². The zero-order valence-electron chi connectivity index (χ0n) is 13.6. The molecule has 0 aliphatic heterocycles. The molecule has 0 aromatic rings. The van der Waals surface area contributed by atoms with Gasteiger partial charge in [0.15, 0.2) is 5.84 Å². The van der Waals surface area contributed by atoms with E-state index in [0.29, 0.717) is 18.8 Å². The minimum Gasteiger partial charge on any atom is -0.409 e. The highest BCUT2D eigenvalue weighted by molar-refractivity contribution is 5.94. The van der Waals surface area contributed by atoms with Gasteiger partial charge >= 0.3 is 0 Å². The van der Waals surface area contributed by atoms with Crippen LogP contribution in [0, 0.1) is 5.92 Å². The Kier molecular flexibility index (Phi) is 6.01. The SMILES string of the molecule is CCC1CCC(NC(=O)COC(C)(C)C)(C(N)=NO)CC1. The molecule has 1 aliphatic carbocycles. The topological polar surface area (TPSA) is 96.9 Å². The highest BCUT2D eigenvalue weighted by Crippen LogP contribution is 2.34. The standard InChI is InChI=1S/C15H29N3O3/c1-5-11-6-8-15(9-7-11,13(16)18-20)17-12(19)10-21-14(2,3)4/h11,20H,5-10H2,1-4H3,(H2,16,18)(H,17,19). The van der Waals surface area contributed by atoms with Crippen molar-refractivity contribution in [1.29, 1.82) is 0 Å². The van der Waals surface area contributed by atoms with Gasteiger partial charge in [0.2, 0.25) is 5.91 Å². The molecule has 0 atom stereocenters. The van der Waals surface area contributed by atoms with Gasteiger partial charge in [-0.3, -0.25) is 4.79 Å². The number of carbonyl (C=O) groups is 1. The van der Waals surface area contributed by atoms with Gasteiger partial charge < -0.3 is 21.0 Å². The van der Waals surface area contributed by atoms with Crippen molar-refractivity contribution in [2.45, 2.75) is 70.9 Å². The van der Waals surface area contributed by atoms with E-state index in [4.69, 9.17) is 15.7 Å². The van der Waals surface area contributed by atoms with Gasteiger partial charge in [0.1, 0.15) is 12.1 Å². The molecule has 6 nitrogen and oxygen atoms in total. The van der Waals surface area contributed by atoms with Crippen LogP contribution in [0.25, 0.3) is 0 Å². The number of amides is 1. The largest absolute Gasteiger partial charge is 0.409 e. The molecule has 1 saturated carbocycles. The van der Waals surface area contributed by atoms with Crippen molar-refractivity contribution in [2.75, 3.05) is 6.61 Å². The first-order valence-corrected chi connectivity index (χ1v) is 7.65. The molecule has 6 heteroatoms. The van der Waals surface area contributed by atoms with Gasteiger partial charge in [-0.25, -0.2) is 0 Å². The van der Waals surface area contributed by atoms with E-state index < -0.39 is 5.54 Å². The maximum Gasteiger partial charge on any atom is 0.246 e. The minimum atomic E-state index is -0.737. The Labute approximate surface area is 127 Å². The molecule has 1 rings (SSSR count). The molecular weight excluding hydrogens is 270 g/mol. The molecule has 1 fully saturated rings. The van der Waals surface area contributed by atoms with Crippen molar-refractivity contribution in [1.82, 2.24) is 5.32 Å². The summed E-state index contributed by atoms with van der Waals surface area (Å²) in [5.74, 6) is 0.500. The molecule has 0 saturated heterocycles. The van der Waals surface area contributed by atoms with E-state index in [1.807, 2.05) is 20.8 Å². The summed E-state index contributed by atoms with van der Waals surface area (Å²) in [5, 5.41) is 15.1. The molecule has 0 bridgehead atoms. The molecule has 0 radical (unpaired) electrons. The summed E-state index contributed by atoms with van der Waals surface area (Å²) < 4.78 is 5.48. The third-order valence-electron chi connectivity index (χ3n) is 4.15. The predicted octanol–water partition coefficient (Wildman–Crippen LogP) is 2.00. The second kappa shape index (κ2) is 7.11. The van der Waals surface area contributed by atoms with Crippen molar-refractivity contribution in [3.63, 3.8) is 0 Å². The smallest absolute Gasteiger partial charge is 0.246 e. The van der Waals surface area contributed by atoms with Crippen LogP contribution in [0.4, 0.5) is 0 Å². The van der Waals surface area contributed by atoms with Crippen molar-refractivity contribution in [3.8, 4) is 0 Å². The fraction of sp³-hybridized carbons (Fsp3) is 0.867. The van der Waals surface area contributed by atoms with E-state index >= 15 is 0 Å². The van der Waals surface area contributed by atoms with Crippen LogP contribution in [-0.4, -0.2) is 34.7 Å². The normalized spacial score (nSPS) is 27.4. The third-order valence-corrected chi connectivity index (χ3v) is 4.15. The van der Waals surface area contributed by atoms with Crippen molar-refractivity contribution >= 4 is 11.7 Å². The highest BCUT2D eigenvalue weighted by Gasteiger charge is 2.40. The Balaban J connectivity index is 2.70. The quantitative estimate of drug-likeness (QED) is 0.313. The van der Waals surface area contributed by atoms with Gasteiger partial charge in [-0.05, 0) is 52.4 Å². The Morgan fingerprint density at radius 1 is 1.43 bits per heavy atom. The molecular formula is C15H29N3O3. The number of nitrogens with two attached hydrogens (primary N) is 1. The van der Waals surface area contributed by atoms with Gasteiger partial charge in [-0.1, -0.05) is 18.5 Å². The van der Waals surface area contributed by atoms with E-state index in [1.54, 1.807) is 0 Å². The molecule has 0 heterocycles. The maximum atomic E-state index is 12.1. The lowest BCUT2D eigenvalue weighted by molar-refractivity contribution is -0.132. The van der Waals surface area contributed by atoms with E-state index in [0.717, 1.165) is 19.3 Å². The number of oxime groups is 1. The first-order chi connectivity index (χ1) is 9.72. The van der Waals surface area contributed by atoms with Crippen molar-refractivity contribution < 1.29 is 14.7 Å². The van der Waals surface area contributed by atoms with Gasteiger partial charge in [-0.2, -0.15) is 0 Å². The lowest BCUT2D eigenvalue weighted by atomic mass is 9.75. The molecule has 0 aromatic heterocycles. The predicted molar refractivity (Wildman–Crippen MR) is 82.2 cm³/mol. The number of nitrogens with zero attached hydrogens (tertiary/aromatic N) is 1. The molecule has 0 aromatic carbocycles. The van der Waals surface area contributed by atoms with E-state index in [2.05, 4.69) is 17.4 Å². The van der Waals surface area contributed by atoms with Crippen LogP contribution in [0.1, 0.15) is 59.8 Å². The lowest BCUT2D eigenvalue weighted by Crippen LogP contribution is -2.60. The fourth-order valence-electron chi connectivity index (χ4n) is 2.70. The van der Waals surface area contributed by atoms with E-state index in [9.17, 15) is 4.79 Å². The number of nitrogens with one attached hydrogen (secondary N) is 1. The highest BCUT2D eigenvalue weighted by atomic mass is 16.5. The molecule has 1 aliphatic rings. The molecule has 4 N–H and O–H groups in total. The fourth-order valence-corrected chi connectivity index (χ4v) is 2.70. The van der Waals surface area contributed by atoms with Crippen LogP contribution in [0.2, 0.25) is 0 Å². The number of hydrogen-bond acceptors (Lipinski definition) is 4. The molecule has 21 heavy (non-hydrogen) atoms. The molecule has 0 unspecified atom stereocenters. The Hall–Kier alpha value is -1.30. The average Bonchev–Trinajstić information content (AvgIpc) is 2.44. The summed E-state index contributed by atoms with van der Waals surface area (Å²) in [6.07, 6.45) is 4.44. The van der Waals surface area contributed by atoms with Crippen LogP contribution in [-0.2, 0) is 9.53 Å². The molecule has 0 spiro atoms. The summed E-state index contributed by atoms with van der Waals surface area (Å²) in [6.45, 7) is 7.82. The Bertz CT molecular complexity index is 380. The summed E-state index contributed by atoms with van der Waals surface area (Å²) >= 11 is 0. The van der Waals surface area contributed by atoms with Gasteiger partial charge in [0.25, 0.3) is 0 Å². The number of carbonyl (C=O) groups excluding carboxylic acids is 1. The van der Waals surface area contributed by atoms with Gasteiger partial charge in [-0.15, -0.1) is 0 Å². The van der Waals surface area contributed by atoms with Gasteiger partial charge in [0, 0.05) is 0 Å². The van der Waals surface area contributed by atoms with Gasteiger partial charge in [0.05, 0.1) is 5.60 Å². The Morgan fingerprint density at radius 2 is 2.00 bits per heavy atom. The summed E-state index contributed by atoms with van der Waals surface area (Å²) in [5.41, 5.74) is 4.73. The van der Waals surface area contributed by atoms with Crippen LogP contribution in [0.15, 0.2) is 5.16 Å². The van der Waals surface area contributed by atoms with E-state index in [-0.39, 0.29) is 24.0 Å². The molecule has 122 valence electrons.